The summed E-state index contributed by atoms with van der Waals surface area (Å²) < 4.78 is 6.72. The molecule has 0 aliphatic heterocycles. The molecule has 0 aromatic carbocycles. The van der Waals surface area contributed by atoms with Crippen molar-refractivity contribution in [3.8, 4) is 0 Å². The second kappa shape index (κ2) is 5.45. The van der Waals surface area contributed by atoms with Gasteiger partial charge in [-0.3, -0.25) is 0 Å². The lowest BCUT2D eigenvalue weighted by Crippen LogP contribution is -2.46. The molecule has 2 atom stereocenters. The van der Waals surface area contributed by atoms with Crippen LogP contribution in [0.3, 0.4) is 0 Å². The van der Waals surface area contributed by atoms with Gasteiger partial charge in [0.05, 0.1) is 6.10 Å². The first-order valence-electron chi connectivity index (χ1n) is 8.17. The fraction of sp³-hybridized carbons (Fsp3) is 0.778. The van der Waals surface area contributed by atoms with Crippen molar-refractivity contribution in [3.63, 3.8) is 0 Å². The monoisotopic (exact) mass is 292 g/mol. The molecule has 1 fully saturated rings. The van der Waals surface area contributed by atoms with Crippen molar-refractivity contribution < 1.29 is 4.43 Å². The van der Waals surface area contributed by atoms with Crippen molar-refractivity contribution in [2.24, 2.45) is 5.41 Å². The van der Waals surface area contributed by atoms with Crippen molar-refractivity contribution >= 4 is 8.32 Å². The SMILES string of the molecule is CC(C)(C)[Si](C)(C)O[C@H]1CC[C@]2(C)/C=C\CC/C=C/1C2. The molecule has 2 aliphatic rings. The van der Waals surface area contributed by atoms with E-state index in [0.717, 1.165) is 0 Å². The molecule has 0 spiro atoms. The van der Waals surface area contributed by atoms with Crippen LogP contribution in [0.1, 0.15) is 59.8 Å². The van der Waals surface area contributed by atoms with E-state index in [1.54, 1.807) is 5.57 Å². The van der Waals surface area contributed by atoms with E-state index in [4.69, 9.17) is 4.43 Å². The highest BCUT2D eigenvalue weighted by molar-refractivity contribution is 6.74. The number of allylic oxidation sites excluding steroid dienone is 3. The molecule has 114 valence electrons. The van der Waals surface area contributed by atoms with Crippen molar-refractivity contribution in [1.82, 2.24) is 0 Å². The Labute approximate surface area is 126 Å². The minimum Gasteiger partial charge on any atom is -0.410 e. The van der Waals surface area contributed by atoms with E-state index in [9.17, 15) is 0 Å². The van der Waals surface area contributed by atoms with Crippen LogP contribution in [0.15, 0.2) is 23.8 Å². The molecule has 2 rings (SSSR count). The maximum atomic E-state index is 6.72. The average Bonchev–Trinajstić information content (AvgIpc) is 2.28. The molecule has 0 aromatic rings. The second-order valence-electron chi connectivity index (χ2n) is 8.50. The molecular weight excluding hydrogens is 260 g/mol. The van der Waals surface area contributed by atoms with Gasteiger partial charge in [0, 0.05) is 0 Å². The van der Waals surface area contributed by atoms with Gasteiger partial charge in [0.25, 0.3) is 0 Å². The van der Waals surface area contributed by atoms with Gasteiger partial charge in [-0.15, -0.1) is 0 Å². The molecule has 20 heavy (non-hydrogen) atoms. The van der Waals surface area contributed by atoms with E-state index >= 15 is 0 Å². The summed E-state index contributed by atoms with van der Waals surface area (Å²) in [5, 5.41) is 0.301. The van der Waals surface area contributed by atoms with E-state index in [2.05, 4.69) is 59.0 Å². The molecule has 0 saturated heterocycles. The van der Waals surface area contributed by atoms with Gasteiger partial charge in [0.2, 0.25) is 0 Å². The van der Waals surface area contributed by atoms with Gasteiger partial charge in [0.15, 0.2) is 8.32 Å². The largest absolute Gasteiger partial charge is 0.410 e. The predicted octanol–water partition coefficient (Wildman–Crippen LogP) is 5.84. The number of hydrogen-bond donors (Lipinski definition) is 0. The van der Waals surface area contributed by atoms with Crippen molar-refractivity contribution in [1.29, 1.82) is 0 Å². The molecule has 1 saturated carbocycles. The second-order valence-corrected chi connectivity index (χ2v) is 13.3. The summed E-state index contributed by atoms with van der Waals surface area (Å²) in [4.78, 5) is 0. The zero-order chi connectivity index (χ0) is 15.0. The zero-order valence-corrected chi connectivity index (χ0v) is 15.3. The van der Waals surface area contributed by atoms with Crippen LogP contribution in [-0.2, 0) is 4.43 Å². The smallest absolute Gasteiger partial charge is 0.192 e. The van der Waals surface area contributed by atoms with E-state index in [1.165, 1.54) is 32.1 Å². The Hall–Kier alpha value is -0.343. The Balaban J connectivity index is 2.15. The van der Waals surface area contributed by atoms with Crippen LogP contribution in [0.5, 0.6) is 0 Å². The standard InChI is InChI=1S/C18H32OSi/c1-17(2,3)20(5,6)19-16-11-13-18(4)12-9-7-8-10-15(16)14-18/h9-10,12,16H,7-8,11,13-14H2,1-6H3/b12-9-,15-10+/t16-,18-/m0/s1. The first-order valence-corrected chi connectivity index (χ1v) is 11.1. The number of fused-ring (bicyclic) bond motifs is 2. The van der Waals surface area contributed by atoms with E-state index in [-0.39, 0.29) is 0 Å². The Morgan fingerprint density at radius 1 is 1.25 bits per heavy atom. The number of rotatable bonds is 2. The Morgan fingerprint density at radius 3 is 2.60 bits per heavy atom. The molecule has 0 amide bonds. The molecule has 1 nitrogen and oxygen atoms in total. The molecular formula is C18H32OSi. The van der Waals surface area contributed by atoms with E-state index in [0.29, 0.717) is 16.6 Å². The molecule has 0 radical (unpaired) electrons. The van der Waals surface area contributed by atoms with Gasteiger partial charge in [0.1, 0.15) is 0 Å². The highest BCUT2D eigenvalue weighted by Crippen LogP contribution is 2.45. The normalized spacial score (nSPS) is 35.7. The molecule has 0 heterocycles. The molecule has 2 heteroatoms. The van der Waals surface area contributed by atoms with Gasteiger partial charge in [-0.25, -0.2) is 0 Å². The van der Waals surface area contributed by atoms with Gasteiger partial charge < -0.3 is 4.43 Å². The summed E-state index contributed by atoms with van der Waals surface area (Å²) in [7, 11) is -1.66. The minimum atomic E-state index is -1.66. The molecule has 0 N–H and O–H groups in total. The summed E-state index contributed by atoms with van der Waals surface area (Å²) in [6.45, 7) is 14.2. The maximum Gasteiger partial charge on any atom is 0.192 e. The topological polar surface area (TPSA) is 9.23 Å². The van der Waals surface area contributed by atoms with Crippen LogP contribution >= 0.6 is 0 Å². The van der Waals surface area contributed by atoms with Crippen molar-refractivity contribution in [2.75, 3.05) is 0 Å². The fourth-order valence-electron chi connectivity index (χ4n) is 3.06. The predicted molar refractivity (Wildman–Crippen MR) is 90.5 cm³/mol. The molecule has 2 bridgehead atoms. The average molecular weight is 293 g/mol. The summed E-state index contributed by atoms with van der Waals surface area (Å²) in [5.41, 5.74) is 1.95. The van der Waals surface area contributed by atoms with Crippen LogP contribution in [0, 0.1) is 5.41 Å². The summed E-state index contributed by atoms with van der Waals surface area (Å²) in [5.74, 6) is 0. The lowest BCUT2D eigenvalue weighted by molar-refractivity contribution is 0.147. The van der Waals surface area contributed by atoms with E-state index in [1.807, 2.05) is 0 Å². The highest BCUT2D eigenvalue weighted by Gasteiger charge is 2.42. The van der Waals surface area contributed by atoms with Crippen LogP contribution < -0.4 is 0 Å². The molecule has 0 aromatic heterocycles. The third-order valence-corrected chi connectivity index (χ3v) is 9.99. The quantitative estimate of drug-likeness (QED) is 0.458. The Morgan fingerprint density at radius 2 is 1.95 bits per heavy atom. The summed E-state index contributed by atoms with van der Waals surface area (Å²) >= 11 is 0. The first-order chi connectivity index (χ1) is 9.13. The minimum absolute atomic E-state index is 0.301. The third kappa shape index (κ3) is 3.45. The highest BCUT2D eigenvalue weighted by atomic mass is 28.4. The fourth-order valence-corrected chi connectivity index (χ4v) is 4.39. The van der Waals surface area contributed by atoms with Gasteiger partial charge in [-0.05, 0) is 61.2 Å². The summed E-state index contributed by atoms with van der Waals surface area (Å²) in [6, 6.07) is 0. The van der Waals surface area contributed by atoms with Crippen LogP contribution in [0.2, 0.25) is 18.1 Å². The Kier molecular flexibility index (Phi) is 4.37. The lowest BCUT2D eigenvalue weighted by Gasteiger charge is -2.44. The third-order valence-electron chi connectivity index (χ3n) is 5.50. The summed E-state index contributed by atoms with van der Waals surface area (Å²) in [6.07, 6.45) is 13.7. The molecule has 0 unspecified atom stereocenters. The van der Waals surface area contributed by atoms with Crippen LogP contribution in [0.4, 0.5) is 0 Å². The van der Waals surface area contributed by atoms with Crippen molar-refractivity contribution in [2.45, 2.75) is 84.0 Å². The zero-order valence-electron chi connectivity index (χ0n) is 14.3. The Bertz CT molecular complexity index is 414. The van der Waals surface area contributed by atoms with Crippen molar-refractivity contribution in [3.05, 3.63) is 23.8 Å². The maximum absolute atomic E-state index is 6.72. The van der Waals surface area contributed by atoms with Gasteiger partial charge in [-0.1, -0.05) is 45.9 Å². The molecule has 2 aliphatic carbocycles. The number of hydrogen-bond acceptors (Lipinski definition) is 1. The lowest BCUT2D eigenvalue weighted by atomic mass is 9.71. The van der Waals surface area contributed by atoms with Crippen LogP contribution in [-0.4, -0.2) is 14.4 Å². The van der Waals surface area contributed by atoms with Gasteiger partial charge in [-0.2, -0.15) is 0 Å². The van der Waals surface area contributed by atoms with Crippen LogP contribution in [0.25, 0.3) is 0 Å². The van der Waals surface area contributed by atoms with E-state index < -0.39 is 8.32 Å². The van der Waals surface area contributed by atoms with Gasteiger partial charge >= 0.3 is 0 Å². The first kappa shape index (κ1) is 16.0.